The number of benzene rings is 1. The summed E-state index contributed by atoms with van der Waals surface area (Å²) >= 11 is 0. The van der Waals surface area contributed by atoms with Gasteiger partial charge in [0.2, 0.25) is 15.9 Å². The summed E-state index contributed by atoms with van der Waals surface area (Å²) in [4.78, 5) is 13.6. The lowest BCUT2D eigenvalue weighted by Gasteiger charge is -2.40. The summed E-state index contributed by atoms with van der Waals surface area (Å²) in [5.74, 6) is -0.821. The normalized spacial score (nSPS) is 22.2. The number of carbonyl (C=O) groups excluding carboxylic acids is 1. The molecule has 2 aliphatic heterocycles. The number of sulfonamides is 1. The SMILES string of the molecule is CCS(=O)(=O)N1CC2(CCN(c3ccc(C#N)c(C(F)(F)F)c3)CC2)CC1C(N)=O. The van der Waals surface area contributed by atoms with Crippen LogP contribution in [0.25, 0.3) is 0 Å². The Hall–Kier alpha value is -2.32. The Morgan fingerprint density at radius 1 is 1.33 bits per heavy atom. The van der Waals surface area contributed by atoms with Crippen LogP contribution >= 0.6 is 0 Å². The van der Waals surface area contributed by atoms with Crippen molar-refractivity contribution in [1.82, 2.24) is 4.31 Å². The van der Waals surface area contributed by atoms with Gasteiger partial charge in [-0.2, -0.15) is 22.7 Å². The van der Waals surface area contributed by atoms with E-state index in [9.17, 15) is 26.4 Å². The van der Waals surface area contributed by atoms with E-state index >= 15 is 0 Å². The van der Waals surface area contributed by atoms with E-state index in [0.717, 1.165) is 12.1 Å². The molecule has 1 atom stereocenters. The highest BCUT2D eigenvalue weighted by atomic mass is 32.2. The number of anilines is 1. The van der Waals surface area contributed by atoms with Crippen LogP contribution in [0.5, 0.6) is 0 Å². The summed E-state index contributed by atoms with van der Waals surface area (Å²) in [5.41, 5.74) is 3.97. The maximum Gasteiger partial charge on any atom is 0.417 e. The number of amides is 1. The third kappa shape index (κ3) is 4.11. The van der Waals surface area contributed by atoms with Crippen LogP contribution in [0.15, 0.2) is 18.2 Å². The van der Waals surface area contributed by atoms with Gasteiger partial charge in [-0.25, -0.2) is 8.42 Å². The zero-order valence-electron chi connectivity index (χ0n) is 16.4. The Balaban J connectivity index is 1.80. The first-order chi connectivity index (χ1) is 13.9. The van der Waals surface area contributed by atoms with Crippen molar-refractivity contribution in [3.05, 3.63) is 29.3 Å². The van der Waals surface area contributed by atoms with Crippen LogP contribution in [-0.2, 0) is 21.0 Å². The van der Waals surface area contributed by atoms with Crippen LogP contribution in [0.1, 0.15) is 37.3 Å². The van der Waals surface area contributed by atoms with Crippen LogP contribution in [0.2, 0.25) is 0 Å². The number of primary amides is 1. The molecule has 2 aliphatic rings. The third-order valence-corrected chi connectivity index (χ3v) is 7.96. The van der Waals surface area contributed by atoms with Crippen LogP contribution in [0, 0.1) is 16.7 Å². The molecule has 0 aromatic heterocycles. The summed E-state index contributed by atoms with van der Waals surface area (Å²) in [6, 6.07) is 4.30. The number of nitrogens with two attached hydrogens (primary N) is 1. The minimum Gasteiger partial charge on any atom is -0.371 e. The van der Waals surface area contributed by atoms with Crippen LogP contribution < -0.4 is 10.6 Å². The molecule has 0 saturated carbocycles. The molecule has 2 N–H and O–H groups in total. The lowest BCUT2D eigenvalue weighted by molar-refractivity contribution is -0.137. The summed E-state index contributed by atoms with van der Waals surface area (Å²) < 4.78 is 65.7. The van der Waals surface area contributed by atoms with Gasteiger partial charge in [-0.15, -0.1) is 0 Å². The van der Waals surface area contributed by atoms with E-state index in [2.05, 4.69) is 0 Å². The Morgan fingerprint density at radius 2 is 1.97 bits per heavy atom. The van der Waals surface area contributed by atoms with Crippen molar-refractivity contribution in [3.8, 4) is 6.07 Å². The number of halogens is 3. The monoisotopic (exact) mass is 444 g/mol. The molecule has 7 nitrogen and oxygen atoms in total. The molecule has 2 heterocycles. The molecule has 2 fully saturated rings. The van der Waals surface area contributed by atoms with Crippen molar-refractivity contribution in [2.75, 3.05) is 30.3 Å². The van der Waals surface area contributed by atoms with Crippen molar-refractivity contribution in [1.29, 1.82) is 5.26 Å². The van der Waals surface area contributed by atoms with Gasteiger partial charge in [0.15, 0.2) is 0 Å². The predicted molar refractivity (Wildman–Crippen MR) is 104 cm³/mol. The summed E-state index contributed by atoms with van der Waals surface area (Å²) in [5, 5.41) is 8.95. The number of alkyl halides is 3. The van der Waals surface area contributed by atoms with Crippen molar-refractivity contribution < 1.29 is 26.4 Å². The highest BCUT2D eigenvalue weighted by Crippen LogP contribution is 2.45. The second kappa shape index (κ2) is 7.74. The summed E-state index contributed by atoms with van der Waals surface area (Å²) in [6.07, 6.45) is -3.27. The van der Waals surface area contributed by atoms with Crippen LogP contribution in [0.4, 0.5) is 18.9 Å². The number of rotatable bonds is 4. The van der Waals surface area contributed by atoms with Gasteiger partial charge in [-0.05, 0) is 49.8 Å². The zero-order chi connectivity index (χ0) is 22.3. The van der Waals surface area contributed by atoms with Crippen LogP contribution in [-0.4, -0.2) is 50.1 Å². The molecule has 30 heavy (non-hydrogen) atoms. The first kappa shape index (κ1) is 22.4. The lowest BCUT2D eigenvalue weighted by atomic mass is 9.76. The molecule has 0 aliphatic carbocycles. The van der Waals surface area contributed by atoms with Crippen molar-refractivity contribution in [3.63, 3.8) is 0 Å². The van der Waals surface area contributed by atoms with Gasteiger partial charge in [0, 0.05) is 25.3 Å². The number of carbonyl (C=O) groups is 1. The van der Waals surface area contributed by atoms with Gasteiger partial charge in [0.05, 0.1) is 22.9 Å². The molecule has 1 aromatic carbocycles. The van der Waals surface area contributed by atoms with Crippen molar-refractivity contribution in [2.45, 2.75) is 38.4 Å². The quantitative estimate of drug-likeness (QED) is 0.765. The predicted octanol–water partition coefficient (Wildman–Crippen LogP) is 2.07. The molecular formula is C19H23F3N4O3S. The Kier molecular flexibility index (Phi) is 5.77. The molecule has 1 amide bonds. The number of piperidine rings is 1. The van der Waals surface area contributed by atoms with Gasteiger partial charge in [-0.3, -0.25) is 4.79 Å². The van der Waals surface area contributed by atoms with Crippen LogP contribution in [0.3, 0.4) is 0 Å². The summed E-state index contributed by atoms with van der Waals surface area (Å²) in [7, 11) is -3.60. The molecular weight excluding hydrogens is 421 g/mol. The van der Waals surface area contributed by atoms with E-state index in [1.165, 1.54) is 17.3 Å². The molecule has 3 rings (SSSR count). The second-order valence-corrected chi connectivity index (χ2v) is 10.1. The van der Waals surface area contributed by atoms with Gasteiger partial charge in [0.25, 0.3) is 0 Å². The average molecular weight is 444 g/mol. The van der Waals surface area contributed by atoms with E-state index in [0.29, 0.717) is 38.0 Å². The second-order valence-electron chi connectivity index (χ2n) is 7.89. The molecule has 1 unspecified atom stereocenters. The Bertz CT molecular complexity index is 980. The molecule has 1 aromatic rings. The molecule has 0 bridgehead atoms. The number of nitrogens with zero attached hydrogens (tertiary/aromatic N) is 3. The van der Waals surface area contributed by atoms with E-state index in [-0.39, 0.29) is 12.3 Å². The van der Waals surface area contributed by atoms with Crippen molar-refractivity contribution in [2.24, 2.45) is 11.1 Å². The van der Waals surface area contributed by atoms with Gasteiger partial charge < -0.3 is 10.6 Å². The molecule has 11 heteroatoms. The van der Waals surface area contributed by atoms with E-state index in [1.54, 1.807) is 11.0 Å². The zero-order valence-corrected chi connectivity index (χ0v) is 17.3. The molecule has 164 valence electrons. The molecule has 0 radical (unpaired) electrons. The van der Waals surface area contributed by atoms with E-state index in [1.807, 2.05) is 0 Å². The minimum atomic E-state index is -4.63. The van der Waals surface area contributed by atoms with Crippen molar-refractivity contribution >= 4 is 21.6 Å². The molecule has 1 spiro atoms. The highest BCUT2D eigenvalue weighted by Gasteiger charge is 2.51. The standard InChI is InChI=1S/C19H23F3N4O3S/c1-2-30(28,29)26-12-18(10-16(26)17(24)27)5-7-25(8-6-18)14-4-3-13(11-23)15(9-14)19(20,21)22/h3-4,9,16H,2,5-8,10,12H2,1H3,(H2,24,27). The fourth-order valence-corrected chi connectivity index (χ4v) is 5.75. The number of hydrogen-bond acceptors (Lipinski definition) is 5. The smallest absolute Gasteiger partial charge is 0.371 e. The largest absolute Gasteiger partial charge is 0.417 e. The maximum atomic E-state index is 13.3. The summed E-state index contributed by atoms with van der Waals surface area (Å²) in [6.45, 7) is 2.51. The third-order valence-electron chi connectivity index (χ3n) is 6.13. The molecule has 2 saturated heterocycles. The first-order valence-electron chi connectivity index (χ1n) is 9.57. The Morgan fingerprint density at radius 3 is 2.47 bits per heavy atom. The minimum absolute atomic E-state index is 0.134. The highest BCUT2D eigenvalue weighted by molar-refractivity contribution is 7.89. The fraction of sp³-hybridized carbons (Fsp3) is 0.579. The topological polar surface area (TPSA) is 108 Å². The van der Waals surface area contributed by atoms with E-state index < -0.39 is 44.7 Å². The van der Waals surface area contributed by atoms with Gasteiger partial charge in [0.1, 0.15) is 6.04 Å². The van der Waals surface area contributed by atoms with E-state index in [4.69, 9.17) is 11.0 Å². The number of nitriles is 1. The van der Waals surface area contributed by atoms with Gasteiger partial charge >= 0.3 is 6.18 Å². The Labute approximate surface area is 173 Å². The van der Waals surface area contributed by atoms with Gasteiger partial charge in [-0.1, -0.05) is 0 Å². The fourth-order valence-electron chi connectivity index (χ4n) is 4.38. The lowest BCUT2D eigenvalue weighted by Crippen LogP contribution is -2.44. The first-order valence-corrected chi connectivity index (χ1v) is 11.2. The average Bonchev–Trinajstić information content (AvgIpc) is 3.08. The number of hydrogen-bond donors (Lipinski definition) is 1. The maximum absolute atomic E-state index is 13.3.